The van der Waals surface area contributed by atoms with E-state index in [1.807, 2.05) is 0 Å². The fourth-order valence-corrected chi connectivity index (χ4v) is 1.74. The molecule has 21 heavy (non-hydrogen) atoms. The van der Waals surface area contributed by atoms with Crippen molar-refractivity contribution < 1.29 is 23.5 Å². The molecule has 7 nitrogen and oxygen atoms in total. The van der Waals surface area contributed by atoms with E-state index < -0.39 is 17.8 Å². The van der Waals surface area contributed by atoms with Crippen LogP contribution in [0.2, 0.25) is 0 Å². The highest BCUT2D eigenvalue weighted by Gasteiger charge is 2.27. The van der Waals surface area contributed by atoms with Crippen LogP contribution in [0.15, 0.2) is 24.3 Å². The number of methoxy groups -OCH3 is 2. The molecule has 1 heterocycles. The van der Waals surface area contributed by atoms with Crippen LogP contribution in [-0.4, -0.2) is 41.2 Å². The highest BCUT2D eigenvalue weighted by atomic mass is 19.1. The molecule has 0 radical (unpaired) electrons. The first-order chi connectivity index (χ1) is 10.1. The molecule has 0 saturated carbocycles. The summed E-state index contributed by atoms with van der Waals surface area (Å²) in [6.07, 6.45) is 0. The van der Waals surface area contributed by atoms with Gasteiger partial charge in [-0.2, -0.15) is 0 Å². The molecule has 0 aliphatic rings. The molecule has 0 saturated heterocycles. The van der Waals surface area contributed by atoms with Gasteiger partial charge in [0.1, 0.15) is 5.82 Å². The molecule has 1 aromatic heterocycles. The average molecular weight is 293 g/mol. The summed E-state index contributed by atoms with van der Waals surface area (Å²) in [6.45, 7) is -0.0684. The zero-order valence-corrected chi connectivity index (χ0v) is 11.4. The largest absolute Gasteiger partial charge is 0.464 e. The second-order valence-electron chi connectivity index (χ2n) is 4.02. The molecule has 0 bridgehead atoms. The van der Waals surface area contributed by atoms with E-state index in [-0.39, 0.29) is 17.9 Å². The molecule has 0 atom stereocenters. The minimum atomic E-state index is -0.824. The minimum Gasteiger partial charge on any atom is -0.464 e. The summed E-state index contributed by atoms with van der Waals surface area (Å²) in [5.41, 5.74) is -0.169. The normalized spacial score (nSPS) is 10.2. The summed E-state index contributed by atoms with van der Waals surface area (Å²) >= 11 is 0. The Morgan fingerprint density at radius 1 is 1.19 bits per heavy atom. The van der Waals surface area contributed by atoms with E-state index in [4.69, 9.17) is 0 Å². The molecule has 0 aliphatic carbocycles. The van der Waals surface area contributed by atoms with Crippen LogP contribution in [0.4, 0.5) is 4.39 Å². The summed E-state index contributed by atoms with van der Waals surface area (Å²) < 4.78 is 23.9. The molecule has 8 heteroatoms. The van der Waals surface area contributed by atoms with Crippen LogP contribution >= 0.6 is 0 Å². The number of benzene rings is 1. The summed E-state index contributed by atoms with van der Waals surface area (Å²) in [6, 6.07) is 6.01. The van der Waals surface area contributed by atoms with E-state index in [0.717, 1.165) is 18.9 Å². The smallest absolute Gasteiger partial charge is 0.361 e. The lowest BCUT2D eigenvalue weighted by atomic mass is 10.2. The topological polar surface area (TPSA) is 83.3 Å². The maximum atomic E-state index is 13.7. The Kier molecular flexibility index (Phi) is 4.27. The van der Waals surface area contributed by atoms with Gasteiger partial charge in [-0.05, 0) is 6.07 Å². The highest BCUT2D eigenvalue weighted by Crippen LogP contribution is 2.13. The summed E-state index contributed by atoms with van der Waals surface area (Å²) in [5.74, 6) is -2.09. The second kappa shape index (κ2) is 6.12. The maximum Gasteiger partial charge on any atom is 0.361 e. The van der Waals surface area contributed by atoms with E-state index in [2.05, 4.69) is 19.8 Å². The summed E-state index contributed by atoms with van der Waals surface area (Å²) in [7, 11) is 2.31. The SMILES string of the molecule is COC(=O)c1nnn(Cc2ccccc2F)c1C(=O)OC. The second-order valence-corrected chi connectivity index (χ2v) is 4.02. The van der Waals surface area contributed by atoms with E-state index >= 15 is 0 Å². The predicted molar refractivity (Wildman–Crippen MR) is 68.2 cm³/mol. The Morgan fingerprint density at radius 3 is 2.48 bits per heavy atom. The van der Waals surface area contributed by atoms with Crippen LogP contribution in [-0.2, 0) is 16.0 Å². The molecule has 1 aromatic carbocycles. The fourth-order valence-electron chi connectivity index (χ4n) is 1.74. The van der Waals surface area contributed by atoms with Gasteiger partial charge in [-0.1, -0.05) is 23.4 Å². The third kappa shape index (κ3) is 2.88. The number of aromatic nitrogens is 3. The molecule has 2 rings (SSSR count). The van der Waals surface area contributed by atoms with Gasteiger partial charge in [0.15, 0.2) is 5.69 Å². The molecule has 0 amide bonds. The Bertz CT molecular complexity index is 684. The highest BCUT2D eigenvalue weighted by molar-refractivity contribution is 6.00. The van der Waals surface area contributed by atoms with E-state index in [1.165, 1.54) is 12.1 Å². The van der Waals surface area contributed by atoms with Crippen LogP contribution in [0.25, 0.3) is 0 Å². The van der Waals surface area contributed by atoms with E-state index in [9.17, 15) is 14.0 Å². The van der Waals surface area contributed by atoms with E-state index in [0.29, 0.717) is 5.56 Å². The number of nitrogens with zero attached hydrogens (tertiary/aromatic N) is 3. The molecule has 0 fully saturated rings. The van der Waals surface area contributed by atoms with Gasteiger partial charge in [-0.3, -0.25) is 0 Å². The maximum absolute atomic E-state index is 13.7. The number of rotatable bonds is 4. The molecule has 0 unspecified atom stereocenters. The Morgan fingerprint density at radius 2 is 1.86 bits per heavy atom. The summed E-state index contributed by atoms with van der Waals surface area (Å²) in [5, 5.41) is 7.29. The molecule has 0 aliphatic heterocycles. The van der Waals surface area contributed by atoms with Gasteiger partial charge >= 0.3 is 11.9 Å². The number of carbonyl (C=O) groups excluding carboxylic acids is 2. The van der Waals surface area contributed by atoms with Crippen molar-refractivity contribution in [2.24, 2.45) is 0 Å². The predicted octanol–water partition coefficient (Wildman–Crippen LogP) is 1.04. The number of carbonyl (C=O) groups is 2. The van der Waals surface area contributed by atoms with Gasteiger partial charge in [0.25, 0.3) is 0 Å². The Hall–Kier alpha value is -2.77. The van der Waals surface area contributed by atoms with Crippen molar-refractivity contribution in [3.63, 3.8) is 0 Å². The van der Waals surface area contributed by atoms with Gasteiger partial charge in [0, 0.05) is 5.56 Å². The number of hydrogen-bond donors (Lipinski definition) is 0. The number of halogens is 1. The molecular formula is C13H12FN3O4. The van der Waals surface area contributed by atoms with Gasteiger partial charge < -0.3 is 9.47 Å². The molecule has 2 aromatic rings. The summed E-state index contributed by atoms with van der Waals surface area (Å²) in [4.78, 5) is 23.4. The van der Waals surface area contributed by atoms with Crippen molar-refractivity contribution in [2.75, 3.05) is 14.2 Å². The van der Waals surface area contributed by atoms with Gasteiger partial charge in [-0.15, -0.1) is 5.10 Å². The lowest BCUT2D eigenvalue weighted by molar-refractivity contribution is 0.0544. The van der Waals surface area contributed by atoms with Crippen LogP contribution in [0.5, 0.6) is 0 Å². The lowest BCUT2D eigenvalue weighted by Gasteiger charge is -2.06. The van der Waals surface area contributed by atoms with Gasteiger partial charge in [-0.25, -0.2) is 18.7 Å². The van der Waals surface area contributed by atoms with Crippen LogP contribution in [0.3, 0.4) is 0 Å². The van der Waals surface area contributed by atoms with Crippen LogP contribution < -0.4 is 0 Å². The third-order valence-corrected chi connectivity index (χ3v) is 2.77. The van der Waals surface area contributed by atoms with Crippen molar-refractivity contribution in [3.05, 3.63) is 47.0 Å². The Labute approximate surface area is 119 Å². The Balaban J connectivity index is 2.45. The first-order valence-corrected chi connectivity index (χ1v) is 5.92. The first-order valence-electron chi connectivity index (χ1n) is 5.92. The third-order valence-electron chi connectivity index (χ3n) is 2.77. The van der Waals surface area contributed by atoms with Crippen molar-refractivity contribution >= 4 is 11.9 Å². The van der Waals surface area contributed by atoms with E-state index in [1.54, 1.807) is 12.1 Å². The molecule has 110 valence electrons. The zero-order chi connectivity index (χ0) is 15.4. The van der Waals surface area contributed by atoms with Crippen LogP contribution in [0, 0.1) is 5.82 Å². The molecule has 0 spiro atoms. The van der Waals surface area contributed by atoms with Crippen molar-refractivity contribution in [2.45, 2.75) is 6.54 Å². The average Bonchev–Trinajstić information content (AvgIpc) is 2.91. The van der Waals surface area contributed by atoms with Crippen molar-refractivity contribution in [3.8, 4) is 0 Å². The van der Waals surface area contributed by atoms with Crippen LogP contribution in [0.1, 0.15) is 26.5 Å². The molecular weight excluding hydrogens is 281 g/mol. The van der Waals surface area contributed by atoms with Gasteiger partial charge in [0.05, 0.1) is 20.8 Å². The minimum absolute atomic E-state index is 0.0684. The monoisotopic (exact) mass is 293 g/mol. The van der Waals surface area contributed by atoms with Gasteiger partial charge in [0.2, 0.25) is 5.69 Å². The van der Waals surface area contributed by atoms with Crippen molar-refractivity contribution in [1.29, 1.82) is 0 Å². The standard InChI is InChI=1S/C13H12FN3O4/c1-20-12(18)10-11(13(19)21-2)17(16-15-10)7-8-5-3-4-6-9(8)14/h3-6H,7H2,1-2H3. The van der Waals surface area contributed by atoms with Crippen molar-refractivity contribution in [1.82, 2.24) is 15.0 Å². The number of hydrogen-bond acceptors (Lipinski definition) is 6. The quantitative estimate of drug-likeness (QED) is 0.783. The zero-order valence-electron chi connectivity index (χ0n) is 11.4. The first kappa shape index (κ1) is 14.6. The molecule has 0 N–H and O–H groups in total. The number of ether oxygens (including phenoxy) is 2. The lowest BCUT2D eigenvalue weighted by Crippen LogP contribution is -2.17. The fraction of sp³-hybridized carbons (Fsp3) is 0.231. The number of esters is 2.